The van der Waals surface area contributed by atoms with Gasteiger partial charge in [0.1, 0.15) is 5.75 Å². The fraction of sp³-hybridized carbons (Fsp3) is 0.250. The summed E-state index contributed by atoms with van der Waals surface area (Å²) in [5.41, 5.74) is 3.86. The monoisotopic (exact) mass is 317 g/mol. The van der Waals surface area contributed by atoms with Crippen LogP contribution in [0.5, 0.6) is 5.75 Å². The summed E-state index contributed by atoms with van der Waals surface area (Å²) < 4.78 is 6.63. The maximum atomic E-state index is 5.52. The Hall–Kier alpha value is -1.48. The van der Waals surface area contributed by atoms with E-state index in [0.29, 0.717) is 0 Å². The van der Waals surface area contributed by atoms with Crippen molar-refractivity contribution in [3.63, 3.8) is 0 Å². The van der Waals surface area contributed by atoms with Gasteiger partial charge in [0.15, 0.2) is 0 Å². The Balaban J connectivity index is 1.59. The zero-order valence-corrected chi connectivity index (χ0v) is 12.2. The number of hydrogen-bond donors (Lipinski definition) is 1. The summed E-state index contributed by atoms with van der Waals surface area (Å²) in [4.78, 5) is 0. The van der Waals surface area contributed by atoms with Gasteiger partial charge in [0.05, 0.1) is 6.61 Å². The lowest BCUT2D eigenvalue weighted by atomic mass is 10.1. The van der Waals surface area contributed by atoms with Crippen LogP contribution in [0.2, 0.25) is 0 Å². The molecule has 2 nitrogen and oxygen atoms in total. The molecule has 0 unspecified atom stereocenters. The van der Waals surface area contributed by atoms with Gasteiger partial charge in [-0.1, -0.05) is 24.3 Å². The first-order valence-electron chi connectivity index (χ1n) is 6.56. The molecule has 1 heterocycles. The van der Waals surface area contributed by atoms with Gasteiger partial charge in [-0.25, -0.2) is 0 Å². The Morgan fingerprint density at radius 1 is 1.16 bits per heavy atom. The van der Waals surface area contributed by atoms with E-state index >= 15 is 0 Å². The second-order valence-electron chi connectivity index (χ2n) is 4.70. The summed E-state index contributed by atoms with van der Waals surface area (Å²) in [6.07, 6.45) is 2.06. The molecule has 0 bridgehead atoms. The Morgan fingerprint density at radius 2 is 2.05 bits per heavy atom. The summed E-state index contributed by atoms with van der Waals surface area (Å²) in [6, 6.07) is 14.7. The number of benzene rings is 2. The lowest BCUT2D eigenvalue weighted by molar-refractivity contribution is 0.357. The van der Waals surface area contributed by atoms with Gasteiger partial charge in [-0.3, -0.25) is 0 Å². The third-order valence-corrected chi connectivity index (χ3v) is 4.05. The van der Waals surface area contributed by atoms with Gasteiger partial charge in [-0.15, -0.1) is 0 Å². The molecular weight excluding hydrogens is 302 g/mol. The molecule has 1 aliphatic heterocycles. The number of para-hydroxylation sites is 1. The molecule has 0 aromatic heterocycles. The van der Waals surface area contributed by atoms with E-state index in [1.54, 1.807) is 0 Å². The molecular formula is C16H16BrNO. The first-order chi connectivity index (χ1) is 9.33. The molecule has 2 aromatic rings. The minimum absolute atomic E-state index is 0.827. The van der Waals surface area contributed by atoms with E-state index in [-0.39, 0.29) is 0 Å². The second-order valence-corrected chi connectivity index (χ2v) is 5.55. The molecule has 0 atom stereocenters. The molecule has 0 radical (unpaired) electrons. The van der Waals surface area contributed by atoms with Crippen LogP contribution in [0.1, 0.15) is 11.1 Å². The quantitative estimate of drug-likeness (QED) is 0.919. The van der Waals surface area contributed by atoms with Crippen LogP contribution in [0.25, 0.3) is 0 Å². The summed E-state index contributed by atoms with van der Waals surface area (Å²) >= 11 is 3.54. The smallest absolute Gasteiger partial charge is 0.122 e. The van der Waals surface area contributed by atoms with Crippen molar-refractivity contribution in [2.75, 3.05) is 18.5 Å². The summed E-state index contributed by atoms with van der Waals surface area (Å²) in [5.74, 6) is 1.06. The van der Waals surface area contributed by atoms with Crippen molar-refractivity contribution in [2.24, 2.45) is 0 Å². The topological polar surface area (TPSA) is 21.3 Å². The van der Waals surface area contributed by atoms with Crippen LogP contribution >= 0.6 is 15.9 Å². The number of hydrogen-bond acceptors (Lipinski definition) is 2. The number of nitrogens with one attached hydrogen (secondary N) is 1. The van der Waals surface area contributed by atoms with E-state index in [2.05, 4.69) is 51.6 Å². The molecule has 1 aliphatic rings. The van der Waals surface area contributed by atoms with Crippen molar-refractivity contribution in [3.8, 4) is 5.75 Å². The molecule has 3 heteroatoms. The summed E-state index contributed by atoms with van der Waals surface area (Å²) in [7, 11) is 0. The van der Waals surface area contributed by atoms with E-state index in [9.17, 15) is 0 Å². The molecule has 0 amide bonds. The minimum Gasteiger partial charge on any atom is -0.493 e. The SMILES string of the molecule is Brc1ccccc1NCCc1ccc2c(c1)CCO2. The number of rotatable bonds is 4. The highest BCUT2D eigenvalue weighted by Crippen LogP contribution is 2.26. The molecule has 98 valence electrons. The zero-order valence-electron chi connectivity index (χ0n) is 10.7. The predicted octanol–water partition coefficient (Wildman–Crippen LogP) is 4.04. The highest BCUT2D eigenvalue weighted by Gasteiger charge is 2.11. The van der Waals surface area contributed by atoms with E-state index in [1.165, 1.54) is 11.1 Å². The largest absolute Gasteiger partial charge is 0.493 e. The Bertz CT molecular complexity index is 583. The van der Waals surface area contributed by atoms with E-state index < -0.39 is 0 Å². The highest BCUT2D eigenvalue weighted by molar-refractivity contribution is 9.10. The molecule has 0 fully saturated rings. The predicted molar refractivity (Wildman–Crippen MR) is 82.0 cm³/mol. The fourth-order valence-corrected chi connectivity index (χ4v) is 2.77. The third kappa shape index (κ3) is 2.92. The number of fused-ring (bicyclic) bond motifs is 1. The molecule has 0 saturated carbocycles. The van der Waals surface area contributed by atoms with Crippen LogP contribution in [0.15, 0.2) is 46.9 Å². The van der Waals surface area contributed by atoms with Gasteiger partial charge in [0.2, 0.25) is 0 Å². The van der Waals surface area contributed by atoms with Crippen molar-refractivity contribution in [1.29, 1.82) is 0 Å². The van der Waals surface area contributed by atoms with Crippen molar-refractivity contribution in [2.45, 2.75) is 12.8 Å². The molecule has 19 heavy (non-hydrogen) atoms. The Labute approximate surface area is 121 Å². The maximum absolute atomic E-state index is 5.52. The maximum Gasteiger partial charge on any atom is 0.122 e. The van der Waals surface area contributed by atoms with E-state index in [1.807, 2.05) is 12.1 Å². The first-order valence-corrected chi connectivity index (χ1v) is 7.35. The lowest BCUT2D eigenvalue weighted by Crippen LogP contribution is -2.05. The van der Waals surface area contributed by atoms with E-state index in [0.717, 1.165) is 41.9 Å². The second kappa shape index (κ2) is 5.66. The van der Waals surface area contributed by atoms with Crippen LogP contribution in [0.4, 0.5) is 5.69 Å². The molecule has 0 spiro atoms. The lowest BCUT2D eigenvalue weighted by Gasteiger charge is -2.09. The van der Waals surface area contributed by atoms with Crippen LogP contribution < -0.4 is 10.1 Å². The standard InChI is InChI=1S/C16H16BrNO/c17-14-3-1-2-4-15(14)18-9-7-12-5-6-16-13(11-12)8-10-19-16/h1-6,11,18H,7-10H2. The third-order valence-electron chi connectivity index (χ3n) is 3.36. The van der Waals surface area contributed by atoms with Crippen molar-refractivity contribution >= 4 is 21.6 Å². The highest BCUT2D eigenvalue weighted by atomic mass is 79.9. The Kier molecular flexibility index (Phi) is 3.74. The van der Waals surface area contributed by atoms with Crippen LogP contribution in [-0.2, 0) is 12.8 Å². The average Bonchev–Trinajstić information content (AvgIpc) is 2.88. The van der Waals surface area contributed by atoms with Crippen molar-refractivity contribution < 1.29 is 4.74 Å². The van der Waals surface area contributed by atoms with Crippen LogP contribution in [0, 0.1) is 0 Å². The number of ether oxygens (including phenoxy) is 1. The molecule has 2 aromatic carbocycles. The minimum atomic E-state index is 0.827. The zero-order chi connectivity index (χ0) is 13.1. The van der Waals surface area contributed by atoms with Crippen LogP contribution in [0.3, 0.4) is 0 Å². The van der Waals surface area contributed by atoms with Crippen molar-refractivity contribution in [3.05, 3.63) is 58.1 Å². The summed E-state index contributed by atoms with van der Waals surface area (Å²) in [6.45, 7) is 1.76. The van der Waals surface area contributed by atoms with Gasteiger partial charge < -0.3 is 10.1 Å². The van der Waals surface area contributed by atoms with Crippen molar-refractivity contribution in [1.82, 2.24) is 0 Å². The van der Waals surface area contributed by atoms with Gasteiger partial charge in [-0.2, -0.15) is 0 Å². The average molecular weight is 318 g/mol. The first kappa shape index (κ1) is 12.5. The van der Waals surface area contributed by atoms with Gasteiger partial charge >= 0.3 is 0 Å². The van der Waals surface area contributed by atoms with E-state index in [4.69, 9.17) is 4.74 Å². The molecule has 1 N–H and O–H groups in total. The van der Waals surface area contributed by atoms with Crippen LogP contribution in [-0.4, -0.2) is 13.2 Å². The van der Waals surface area contributed by atoms with Gasteiger partial charge in [-0.05, 0) is 51.7 Å². The number of anilines is 1. The molecule has 0 saturated heterocycles. The van der Waals surface area contributed by atoms with Gasteiger partial charge in [0.25, 0.3) is 0 Å². The fourth-order valence-electron chi connectivity index (χ4n) is 2.34. The van der Waals surface area contributed by atoms with Gasteiger partial charge in [0, 0.05) is 23.1 Å². The number of halogens is 1. The Morgan fingerprint density at radius 3 is 2.95 bits per heavy atom. The normalized spacial score (nSPS) is 12.9. The summed E-state index contributed by atoms with van der Waals surface area (Å²) in [5, 5.41) is 3.45. The molecule has 0 aliphatic carbocycles. The molecule has 3 rings (SSSR count).